The van der Waals surface area contributed by atoms with Crippen LogP contribution in [0.3, 0.4) is 0 Å². The molecule has 2 saturated heterocycles. The first kappa shape index (κ1) is 27.7. The number of nitrogens with zero attached hydrogens (tertiary/aromatic N) is 5. The molecule has 1 N–H and O–H groups in total. The lowest BCUT2D eigenvalue weighted by atomic mass is 9.77. The monoisotopic (exact) mass is 632 g/mol. The summed E-state index contributed by atoms with van der Waals surface area (Å²) in [5, 5.41) is 8.36. The highest BCUT2D eigenvalue weighted by Crippen LogP contribution is 2.61. The molecule has 9 nitrogen and oxygen atoms in total. The molecule has 42 heavy (non-hydrogen) atoms. The predicted octanol–water partition coefficient (Wildman–Crippen LogP) is 4.89. The number of aryl methyl sites for hydroxylation is 2. The molecule has 2 amide bonds. The van der Waals surface area contributed by atoms with E-state index in [0.717, 1.165) is 48.1 Å². The third-order valence-corrected chi connectivity index (χ3v) is 10.7. The highest BCUT2D eigenvalue weighted by atomic mass is 79.9. The molecule has 7 rings (SSSR count). The van der Waals surface area contributed by atoms with Crippen LogP contribution in [-0.2, 0) is 16.1 Å². The Morgan fingerprint density at radius 1 is 1.05 bits per heavy atom. The smallest absolute Gasteiger partial charge is 0.248 e. The number of halogens is 1. The summed E-state index contributed by atoms with van der Waals surface area (Å²) in [5.41, 5.74) is 3.40. The van der Waals surface area contributed by atoms with Gasteiger partial charge in [0.1, 0.15) is 28.7 Å². The van der Waals surface area contributed by atoms with Crippen LogP contribution >= 0.6 is 15.9 Å². The fourth-order valence-electron chi connectivity index (χ4n) is 8.17. The summed E-state index contributed by atoms with van der Waals surface area (Å²) in [5.74, 6) is 0.0209. The first-order valence-corrected chi connectivity index (χ1v) is 15.8. The highest BCUT2D eigenvalue weighted by molar-refractivity contribution is 9.10. The Labute approximate surface area is 254 Å². The number of likely N-dealkylation sites (tertiary alicyclic amines) is 2. The van der Waals surface area contributed by atoms with E-state index in [1.165, 1.54) is 32.6 Å². The number of hydrogen-bond donors (Lipinski definition) is 1. The molecule has 3 atom stereocenters. The Balaban J connectivity index is 1.16. The lowest BCUT2D eigenvalue weighted by Gasteiger charge is -2.49. The average molecular weight is 634 g/mol. The van der Waals surface area contributed by atoms with Crippen LogP contribution in [0.5, 0.6) is 0 Å². The molecule has 1 aromatic carbocycles. The zero-order valence-electron chi connectivity index (χ0n) is 24.5. The van der Waals surface area contributed by atoms with Crippen LogP contribution in [0.15, 0.2) is 34.9 Å². The van der Waals surface area contributed by atoms with Gasteiger partial charge in [0.05, 0.1) is 5.52 Å². The number of fused-ring (bicyclic) bond motifs is 2. The van der Waals surface area contributed by atoms with Crippen LogP contribution in [0.1, 0.15) is 67.1 Å². The van der Waals surface area contributed by atoms with Crippen molar-refractivity contribution in [2.45, 2.75) is 77.9 Å². The molecule has 0 unspecified atom stereocenters. The van der Waals surface area contributed by atoms with Crippen molar-refractivity contribution >= 4 is 50.2 Å². The molecule has 2 aliphatic heterocycles. The topological polar surface area (TPSA) is 100 Å². The van der Waals surface area contributed by atoms with Gasteiger partial charge in [0.25, 0.3) is 0 Å². The fourth-order valence-corrected chi connectivity index (χ4v) is 8.48. The van der Waals surface area contributed by atoms with E-state index in [-0.39, 0.29) is 35.6 Å². The van der Waals surface area contributed by atoms with Gasteiger partial charge < -0.3 is 15.1 Å². The first-order chi connectivity index (χ1) is 20.1. The van der Waals surface area contributed by atoms with Crippen molar-refractivity contribution in [3.05, 3.63) is 51.8 Å². The molecule has 4 aliphatic rings. The fraction of sp³-hybridized carbons (Fsp3) is 0.531. The standard InChI is InChI=1S/C32H37BrN6O3/c1-19-7-6-8-22-27(21(3)40)36-38(28(19)22)15-26(41)39-23(30(42)35-29-20(2)9-10-25(33)34-29)13-32(14-24(32)39)18-37-16-31(17-37)11-4-5-12-31/h6-10,23-24H,4-5,11-18H2,1-3H3,(H,34,35,42)/t23-,24+,32-/m0/s1. The number of piperidine rings is 1. The largest absolute Gasteiger partial charge is 0.325 e. The minimum absolute atomic E-state index is 0.0210. The second-order valence-electron chi connectivity index (χ2n) is 13.3. The molecule has 2 aromatic heterocycles. The third-order valence-electron chi connectivity index (χ3n) is 10.2. The van der Waals surface area contributed by atoms with Crippen LogP contribution in [0.25, 0.3) is 10.9 Å². The van der Waals surface area contributed by atoms with E-state index in [9.17, 15) is 14.4 Å². The molecule has 220 valence electrons. The first-order valence-electron chi connectivity index (χ1n) is 15.0. The van der Waals surface area contributed by atoms with Crippen molar-refractivity contribution in [1.82, 2.24) is 24.6 Å². The van der Waals surface area contributed by atoms with Gasteiger partial charge in [0.15, 0.2) is 5.78 Å². The van der Waals surface area contributed by atoms with Gasteiger partial charge in [0, 0.05) is 43.4 Å². The van der Waals surface area contributed by atoms with Gasteiger partial charge in [-0.1, -0.05) is 37.1 Å². The average Bonchev–Trinajstić information content (AvgIpc) is 3.27. The molecule has 2 aliphatic carbocycles. The molecule has 4 fully saturated rings. The van der Waals surface area contributed by atoms with Crippen molar-refractivity contribution in [1.29, 1.82) is 0 Å². The van der Waals surface area contributed by atoms with E-state index in [4.69, 9.17) is 0 Å². The molecule has 4 heterocycles. The van der Waals surface area contributed by atoms with E-state index in [1.807, 2.05) is 49.1 Å². The quantitative estimate of drug-likeness (QED) is 0.294. The third kappa shape index (κ3) is 4.58. The summed E-state index contributed by atoms with van der Waals surface area (Å²) in [6.45, 7) is 8.56. The summed E-state index contributed by atoms with van der Waals surface area (Å²) in [4.78, 5) is 49.2. The maximum absolute atomic E-state index is 14.2. The number of rotatable bonds is 7. The Kier molecular flexibility index (Phi) is 6.58. The number of carbonyl (C=O) groups excluding carboxylic acids is 3. The number of para-hydroxylation sites is 1. The number of nitrogens with one attached hydrogen (secondary N) is 1. The number of amides is 2. The number of ketones is 1. The van der Waals surface area contributed by atoms with E-state index in [1.54, 1.807) is 4.68 Å². The Bertz CT molecular complexity index is 1620. The summed E-state index contributed by atoms with van der Waals surface area (Å²) in [6, 6.07) is 8.93. The second-order valence-corrected chi connectivity index (χ2v) is 14.1. The van der Waals surface area contributed by atoms with E-state index >= 15 is 0 Å². The van der Waals surface area contributed by atoms with Gasteiger partial charge in [-0.05, 0) is 78.1 Å². The van der Waals surface area contributed by atoms with E-state index in [2.05, 4.69) is 36.2 Å². The zero-order valence-corrected chi connectivity index (χ0v) is 26.0. The van der Waals surface area contributed by atoms with Crippen LogP contribution in [0, 0.1) is 24.7 Å². The number of hydrogen-bond acceptors (Lipinski definition) is 6. The SMILES string of the molecule is CC(=O)c1nn(CC(=O)N2[C@H](C(=O)Nc3nc(Br)ccc3C)C[C@@]3(CN4CC5(CCCC5)C4)C[C@@H]23)c2c(C)cccc12. The zero-order chi connectivity index (χ0) is 29.4. The van der Waals surface area contributed by atoms with Crippen molar-refractivity contribution in [3.8, 4) is 0 Å². The minimum Gasteiger partial charge on any atom is -0.325 e. The Hall–Kier alpha value is -3.11. The van der Waals surface area contributed by atoms with Crippen molar-refractivity contribution < 1.29 is 14.4 Å². The maximum Gasteiger partial charge on any atom is 0.248 e. The normalized spacial score (nSPS) is 26.0. The number of aromatic nitrogens is 3. The van der Waals surface area contributed by atoms with Crippen LogP contribution < -0.4 is 5.32 Å². The predicted molar refractivity (Wildman–Crippen MR) is 163 cm³/mol. The molecular formula is C32H37BrN6O3. The van der Waals surface area contributed by atoms with Crippen molar-refractivity contribution in [2.24, 2.45) is 10.8 Å². The van der Waals surface area contributed by atoms with Crippen molar-refractivity contribution in [3.63, 3.8) is 0 Å². The summed E-state index contributed by atoms with van der Waals surface area (Å²) in [7, 11) is 0. The Morgan fingerprint density at radius 3 is 2.55 bits per heavy atom. The molecular weight excluding hydrogens is 596 g/mol. The maximum atomic E-state index is 14.2. The van der Waals surface area contributed by atoms with Gasteiger partial charge in [-0.25, -0.2) is 4.98 Å². The van der Waals surface area contributed by atoms with Gasteiger partial charge in [-0.15, -0.1) is 0 Å². The lowest BCUT2D eigenvalue weighted by molar-refractivity contribution is -0.138. The second kappa shape index (κ2) is 9.98. The number of pyridine rings is 1. The van der Waals surface area contributed by atoms with Crippen molar-refractivity contribution in [2.75, 3.05) is 25.0 Å². The highest BCUT2D eigenvalue weighted by Gasteiger charge is 2.68. The van der Waals surface area contributed by atoms with Gasteiger partial charge in [-0.2, -0.15) is 5.10 Å². The van der Waals surface area contributed by atoms with Crippen LogP contribution in [0.2, 0.25) is 0 Å². The van der Waals surface area contributed by atoms with Gasteiger partial charge >= 0.3 is 0 Å². The number of anilines is 1. The number of carbonyl (C=O) groups is 3. The summed E-state index contributed by atoms with van der Waals surface area (Å²) >= 11 is 3.41. The van der Waals surface area contributed by atoms with E-state index < -0.39 is 6.04 Å². The summed E-state index contributed by atoms with van der Waals surface area (Å²) in [6.07, 6.45) is 6.88. The Morgan fingerprint density at radius 2 is 1.81 bits per heavy atom. The molecule has 0 bridgehead atoms. The molecule has 10 heteroatoms. The summed E-state index contributed by atoms with van der Waals surface area (Å²) < 4.78 is 2.29. The molecule has 0 radical (unpaired) electrons. The van der Waals surface area contributed by atoms with Gasteiger partial charge in [-0.3, -0.25) is 19.1 Å². The van der Waals surface area contributed by atoms with Gasteiger partial charge in [0.2, 0.25) is 11.8 Å². The number of benzene rings is 1. The van der Waals surface area contributed by atoms with Crippen LogP contribution in [-0.4, -0.2) is 73.9 Å². The number of Topliss-reactive ketones (excluding diaryl/α,β-unsaturated/α-hetero) is 1. The molecule has 3 aromatic rings. The van der Waals surface area contributed by atoms with E-state index in [0.29, 0.717) is 28.0 Å². The van der Waals surface area contributed by atoms with Crippen LogP contribution in [0.4, 0.5) is 5.82 Å². The minimum atomic E-state index is -0.589. The molecule has 2 saturated carbocycles. The lowest BCUT2D eigenvalue weighted by Crippen LogP contribution is -2.56. The molecule has 1 spiro atoms.